The van der Waals surface area contributed by atoms with Crippen LogP contribution in [-0.4, -0.2) is 58.4 Å². The SMILES string of the molecule is C=CC(C(=O)C(C=C)c1ccc(N2CCOCC2)cc1)c1ccc(N2CCOCC2)cc1. The minimum absolute atomic E-state index is 0.0910. The Labute approximate surface area is 190 Å². The van der Waals surface area contributed by atoms with Crippen LogP contribution in [0.15, 0.2) is 73.8 Å². The van der Waals surface area contributed by atoms with Gasteiger partial charge in [-0.25, -0.2) is 0 Å². The third kappa shape index (κ3) is 4.95. The fourth-order valence-corrected chi connectivity index (χ4v) is 4.45. The van der Waals surface area contributed by atoms with Gasteiger partial charge in [-0.2, -0.15) is 0 Å². The minimum atomic E-state index is -0.379. The molecule has 0 aliphatic carbocycles. The summed E-state index contributed by atoms with van der Waals surface area (Å²) < 4.78 is 10.9. The molecule has 2 aromatic rings. The number of rotatable bonds is 8. The largest absolute Gasteiger partial charge is 0.378 e. The highest BCUT2D eigenvalue weighted by Crippen LogP contribution is 2.31. The molecule has 32 heavy (non-hydrogen) atoms. The first-order valence-electron chi connectivity index (χ1n) is 11.4. The van der Waals surface area contributed by atoms with Gasteiger partial charge in [0.1, 0.15) is 0 Å². The lowest BCUT2D eigenvalue weighted by Crippen LogP contribution is -2.36. The Kier molecular flexibility index (Phi) is 7.40. The summed E-state index contributed by atoms with van der Waals surface area (Å²) >= 11 is 0. The third-order valence-corrected chi connectivity index (χ3v) is 6.34. The standard InChI is InChI=1S/C27H32N2O3/c1-3-25(21-5-9-23(10-6-21)28-13-17-31-18-14-28)27(30)26(4-2)22-7-11-24(12-8-22)29-15-19-32-20-16-29/h3-12,25-26H,1-2,13-20H2. The average molecular weight is 433 g/mol. The summed E-state index contributed by atoms with van der Waals surface area (Å²) in [4.78, 5) is 18.1. The van der Waals surface area contributed by atoms with Gasteiger partial charge in [0.2, 0.25) is 0 Å². The Morgan fingerprint density at radius 3 is 1.34 bits per heavy atom. The lowest BCUT2D eigenvalue weighted by molar-refractivity contribution is -0.120. The highest BCUT2D eigenvalue weighted by molar-refractivity contribution is 5.94. The van der Waals surface area contributed by atoms with E-state index in [0.717, 1.165) is 75.1 Å². The van der Waals surface area contributed by atoms with Gasteiger partial charge in [0, 0.05) is 37.6 Å². The van der Waals surface area contributed by atoms with E-state index in [1.54, 1.807) is 12.2 Å². The second kappa shape index (κ2) is 10.6. The van der Waals surface area contributed by atoms with E-state index in [1.165, 1.54) is 0 Å². The Morgan fingerprint density at radius 1 is 0.688 bits per heavy atom. The summed E-state index contributed by atoms with van der Waals surface area (Å²) in [7, 11) is 0. The van der Waals surface area contributed by atoms with Crippen molar-refractivity contribution in [3.63, 3.8) is 0 Å². The monoisotopic (exact) mass is 432 g/mol. The zero-order valence-corrected chi connectivity index (χ0v) is 18.6. The van der Waals surface area contributed by atoms with E-state index in [9.17, 15) is 4.79 Å². The molecule has 5 nitrogen and oxygen atoms in total. The van der Waals surface area contributed by atoms with Crippen molar-refractivity contribution in [3.8, 4) is 0 Å². The molecule has 2 aliphatic rings. The van der Waals surface area contributed by atoms with Gasteiger partial charge in [0.05, 0.1) is 38.3 Å². The molecule has 0 spiro atoms. The van der Waals surface area contributed by atoms with Crippen molar-refractivity contribution in [2.75, 3.05) is 62.4 Å². The fourth-order valence-electron chi connectivity index (χ4n) is 4.45. The van der Waals surface area contributed by atoms with E-state index >= 15 is 0 Å². The highest BCUT2D eigenvalue weighted by Gasteiger charge is 2.26. The van der Waals surface area contributed by atoms with Gasteiger partial charge in [0.15, 0.2) is 5.78 Å². The second-order valence-electron chi connectivity index (χ2n) is 8.21. The van der Waals surface area contributed by atoms with Gasteiger partial charge in [-0.15, -0.1) is 13.2 Å². The smallest absolute Gasteiger partial charge is 0.155 e. The van der Waals surface area contributed by atoms with Crippen molar-refractivity contribution in [2.45, 2.75) is 11.8 Å². The number of anilines is 2. The number of Topliss-reactive ketones (excluding diaryl/α,β-unsaturated/α-hetero) is 1. The molecule has 5 heteroatoms. The first kappa shape index (κ1) is 22.3. The molecule has 2 heterocycles. The number of morpholine rings is 2. The number of ether oxygens (including phenoxy) is 2. The maximum Gasteiger partial charge on any atom is 0.155 e. The Bertz CT molecular complexity index is 835. The van der Waals surface area contributed by atoms with Gasteiger partial charge in [-0.3, -0.25) is 4.79 Å². The highest BCUT2D eigenvalue weighted by atomic mass is 16.5. The zero-order chi connectivity index (χ0) is 22.3. The number of allylic oxidation sites excluding steroid dienone is 2. The van der Waals surface area contributed by atoms with Gasteiger partial charge in [-0.1, -0.05) is 36.4 Å². The van der Waals surface area contributed by atoms with Crippen LogP contribution >= 0.6 is 0 Å². The van der Waals surface area contributed by atoms with Crippen LogP contribution in [0.5, 0.6) is 0 Å². The van der Waals surface area contributed by atoms with Crippen molar-refractivity contribution >= 4 is 17.2 Å². The summed E-state index contributed by atoms with van der Waals surface area (Å²) in [5.41, 5.74) is 4.23. The topological polar surface area (TPSA) is 42.0 Å². The third-order valence-electron chi connectivity index (χ3n) is 6.34. The first-order valence-corrected chi connectivity index (χ1v) is 11.4. The molecule has 2 aliphatic heterocycles. The molecule has 4 rings (SSSR count). The lowest BCUT2D eigenvalue weighted by atomic mass is 9.83. The fraction of sp³-hybridized carbons (Fsp3) is 0.370. The Morgan fingerprint density at radius 2 is 1.03 bits per heavy atom. The van der Waals surface area contributed by atoms with E-state index in [4.69, 9.17) is 9.47 Å². The number of hydrogen-bond donors (Lipinski definition) is 0. The van der Waals surface area contributed by atoms with E-state index < -0.39 is 0 Å². The summed E-state index contributed by atoms with van der Waals surface area (Å²) in [6, 6.07) is 16.5. The maximum absolute atomic E-state index is 13.5. The van der Waals surface area contributed by atoms with Gasteiger partial charge in [0.25, 0.3) is 0 Å². The number of nitrogens with zero attached hydrogens (tertiary/aromatic N) is 2. The maximum atomic E-state index is 13.5. The molecule has 0 saturated carbocycles. The van der Waals surface area contributed by atoms with Crippen molar-refractivity contribution in [1.29, 1.82) is 0 Å². The predicted molar refractivity (Wildman–Crippen MR) is 130 cm³/mol. The lowest BCUT2D eigenvalue weighted by Gasteiger charge is -2.29. The van der Waals surface area contributed by atoms with Crippen molar-refractivity contribution < 1.29 is 14.3 Å². The number of ketones is 1. The van der Waals surface area contributed by atoms with Crippen LogP contribution in [0, 0.1) is 0 Å². The van der Waals surface area contributed by atoms with Crippen molar-refractivity contribution in [2.24, 2.45) is 0 Å². The molecule has 0 radical (unpaired) electrons. The second-order valence-corrected chi connectivity index (χ2v) is 8.21. The summed E-state index contributed by atoms with van der Waals surface area (Å²) in [5, 5.41) is 0. The van der Waals surface area contributed by atoms with Crippen LogP contribution in [0.4, 0.5) is 11.4 Å². The minimum Gasteiger partial charge on any atom is -0.378 e. The molecular weight excluding hydrogens is 400 g/mol. The van der Waals surface area contributed by atoms with Crippen LogP contribution < -0.4 is 9.80 Å². The predicted octanol–water partition coefficient (Wildman–Crippen LogP) is 4.17. The number of hydrogen-bond acceptors (Lipinski definition) is 5. The van der Waals surface area contributed by atoms with Gasteiger partial charge >= 0.3 is 0 Å². The van der Waals surface area contributed by atoms with Crippen LogP contribution in [0.2, 0.25) is 0 Å². The summed E-state index contributed by atoms with van der Waals surface area (Å²) in [6.07, 6.45) is 3.48. The van der Waals surface area contributed by atoms with E-state index in [0.29, 0.717) is 0 Å². The van der Waals surface area contributed by atoms with E-state index in [2.05, 4.69) is 47.2 Å². The molecule has 0 bridgehead atoms. The molecule has 2 fully saturated rings. The van der Waals surface area contributed by atoms with Crippen LogP contribution in [0.25, 0.3) is 0 Å². The molecule has 168 valence electrons. The van der Waals surface area contributed by atoms with Crippen LogP contribution in [-0.2, 0) is 14.3 Å². The zero-order valence-electron chi connectivity index (χ0n) is 18.6. The number of benzene rings is 2. The molecule has 0 aromatic heterocycles. The number of carbonyl (C=O) groups is 1. The average Bonchev–Trinajstić information content (AvgIpc) is 2.87. The quantitative estimate of drug-likeness (QED) is 0.586. The Balaban J connectivity index is 1.48. The molecule has 2 unspecified atom stereocenters. The molecular formula is C27H32N2O3. The molecule has 2 saturated heterocycles. The van der Waals surface area contributed by atoms with Crippen molar-refractivity contribution in [3.05, 3.63) is 85.0 Å². The summed E-state index contributed by atoms with van der Waals surface area (Å²) in [5.74, 6) is -0.667. The molecule has 0 amide bonds. The van der Waals surface area contributed by atoms with Crippen LogP contribution in [0.1, 0.15) is 23.0 Å². The van der Waals surface area contributed by atoms with Crippen LogP contribution in [0.3, 0.4) is 0 Å². The van der Waals surface area contributed by atoms with E-state index in [-0.39, 0.29) is 17.6 Å². The van der Waals surface area contributed by atoms with E-state index in [1.807, 2.05) is 24.3 Å². The normalized spacial score (nSPS) is 18.6. The Hall–Kier alpha value is -2.89. The van der Waals surface area contributed by atoms with Gasteiger partial charge in [-0.05, 0) is 35.4 Å². The first-order chi connectivity index (χ1) is 15.7. The molecule has 2 atom stereocenters. The molecule has 0 N–H and O–H groups in total. The van der Waals surface area contributed by atoms with Crippen molar-refractivity contribution in [1.82, 2.24) is 0 Å². The molecule has 2 aromatic carbocycles. The van der Waals surface area contributed by atoms with Gasteiger partial charge < -0.3 is 19.3 Å². The number of carbonyl (C=O) groups excluding carboxylic acids is 1. The summed E-state index contributed by atoms with van der Waals surface area (Å²) in [6.45, 7) is 14.5.